The molecule has 0 aromatic carbocycles. The predicted octanol–water partition coefficient (Wildman–Crippen LogP) is 3.91. The molecular formula is C17H36N2. The molecule has 2 atom stereocenters. The first-order valence-electron chi connectivity index (χ1n) is 8.30. The van der Waals surface area contributed by atoms with Gasteiger partial charge in [-0.25, -0.2) is 0 Å². The fourth-order valence-corrected chi connectivity index (χ4v) is 4.04. The normalized spacial score (nSPS) is 26.8. The smallest absolute Gasteiger partial charge is 0.0271 e. The highest BCUT2D eigenvalue weighted by Crippen LogP contribution is 2.41. The van der Waals surface area contributed by atoms with Crippen molar-refractivity contribution < 1.29 is 0 Å². The van der Waals surface area contributed by atoms with Crippen molar-refractivity contribution in [3.8, 4) is 0 Å². The van der Waals surface area contributed by atoms with Gasteiger partial charge in [-0.05, 0) is 44.1 Å². The van der Waals surface area contributed by atoms with E-state index >= 15 is 0 Å². The van der Waals surface area contributed by atoms with Crippen LogP contribution in [0.5, 0.6) is 0 Å². The van der Waals surface area contributed by atoms with Crippen molar-refractivity contribution in [3.05, 3.63) is 0 Å². The molecule has 1 aliphatic carbocycles. The summed E-state index contributed by atoms with van der Waals surface area (Å²) in [6.45, 7) is 15.5. The van der Waals surface area contributed by atoms with Crippen LogP contribution in [-0.2, 0) is 0 Å². The van der Waals surface area contributed by atoms with E-state index in [0.717, 1.165) is 12.0 Å². The van der Waals surface area contributed by atoms with Gasteiger partial charge < -0.3 is 5.32 Å². The first kappa shape index (κ1) is 17.0. The van der Waals surface area contributed by atoms with E-state index < -0.39 is 0 Å². The molecule has 114 valence electrons. The van der Waals surface area contributed by atoms with E-state index in [4.69, 9.17) is 0 Å². The summed E-state index contributed by atoms with van der Waals surface area (Å²) in [6, 6.07) is 2.09. The van der Waals surface area contributed by atoms with E-state index in [1.807, 2.05) is 0 Å². The topological polar surface area (TPSA) is 15.3 Å². The highest BCUT2D eigenvalue weighted by Gasteiger charge is 2.44. The predicted molar refractivity (Wildman–Crippen MR) is 85.6 cm³/mol. The van der Waals surface area contributed by atoms with E-state index in [0.29, 0.717) is 17.5 Å². The van der Waals surface area contributed by atoms with Crippen molar-refractivity contribution in [1.29, 1.82) is 0 Å². The van der Waals surface area contributed by atoms with Crippen LogP contribution >= 0.6 is 0 Å². The van der Waals surface area contributed by atoms with Gasteiger partial charge in [-0.15, -0.1) is 0 Å². The zero-order valence-corrected chi connectivity index (χ0v) is 14.3. The SMILES string of the molecule is CCC(CC)N(CC(C)C)C1CCC(C)(C)C1NC. The minimum Gasteiger partial charge on any atom is -0.315 e. The van der Waals surface area contributed by atoms with Gasteiger partial charge in [0.05, 0.1) is 0 Å². The first-order chi connectivity index (χ1) is 8.87. The van der Waals surface area contributed by atoms with Gasteiger partial charge in [0, 0.05) is 24.7 Å². The summed E-state index contributed by atoms with van der Waals surface area (Å²) in [5.74, 6) is 0.752. The lowest BCUT2D eigenvalue weighted by Crippen LogP contribution is -2.54. The number of likely N-dealkylation sites (N-methyl/N-ethyl adjacent to an activating group) is 1. The molecule has 2 unspecified atom stereocenters. The fourth-order valence-electron chi connectivity index (χ4n) is 4.04. The summed E-state index contributed by atoms with van der Waals surface area (Å²) >= 11 is 0. The maximum absolute atomic E-state index is 3.62. The minimum atomic E-state index is 0.431. The summed E-state index contributed by atoms with van der Waals surface area (Å²) in [4.78, 5) is 2.82. The Balaban J connectivity index is 2.91. The number of rotatable bonds is 7. The number of nitrogens with zero attached hydrogens (tertiary/aromatic N) is 1. The van der Waals surface area contributed by atoms with Crippen LogP contribution in [0.3, 0.4) is 0 Å². The molecule has 1 N–H and O–H groups in total. The Morgan fingerprint density at radius 3 is 2.21 bits per heavy atom. The van der Waals surface area contributed by atoms with Gasteiger partial charge in [-0.3, -0.25) is 4.90 Å². The minimum absolute atomic E-state index is 0.431. The zero-order valence-electron chi connectivity index (χ0n) is 14.3. The molecule has 0 heterocycles. The van der Waals surface area contributed by atoms with Crippen LogP contribution in [-0.4, -0.2) is 36.6 Å². The summed E-state index contributed by atoms with van der Waals surface area (Å²) in [7, 11) is 2.14. The lowest BCUT2D eigenvalue weighted by atomic mass is 9.86. The number of hydrogen-bond acceptors (Lipinski definition) is 2. The molecule has 0 aliphatic heterocycles. The molecular weight excluding hydrogens is 232 g/mol. The summed E-state index contributed by atoms with van der Waals surface area (Å²) < 4.78 is 0. The summed E-state index contributed by atoms with van der Waals surface area (Å²) in [6.07, 6.45) is 5.24. The Kier molecular flexibility index (Phi) is 6.32. The number of hydrogen-bond donors (Lipinski definition) is 1. The van der Waals surface area contributed by atoms with Crippen molar-refractivity contribution >= 4 is 0 Å². The van der Waals surface area contributed by atoms with E-state index in [-0.39, 0.29) is 0 Å². The highest BCUT2D eigenvalue weighted by molar-refractivity contribution is 5.01. The quantitative estimate of drug-likeness (QED) is 0.753. The van der Waals surface area contributed by atoms with Crippen LogP contribution < -0.4 is 5.32 Å². The average Bonchev–Trinajstić information content (AvgIpc) is 2.63. The molecule has 0 spiro atoms. The Hall–Kier alpha value is -0.0800. The largest absolute Gasteiger partial charge is 0.315 e. The highest BCUT2D eigenvalue weighted by atomic mass is 15.2. The molecule has 0 bridgehead atoms. The maximum atomic E-state index is 3.62. The van der Waals surface area contributed by atoms with Gasteiger partial charge in [-0.1, -0.05) is 41.5 Å². The average molecular weight is 268 g/mol. The zero-order chi connectivity index (χ0) is 14.6. The molecule has 0 saturated heterocycles. The van der Waals surface area contributed by atoms with Gasteiger partial charge >= 0.3 is 0 Å². The molecule has 1 aliphatic rings. The van der Waals surface area contributed by atoms with E-state index in [1.165, 1.54) is 32.2 Å². The van der Waals surface area contributed by atoms with Gasteiger partial charge in [0.25, 0.3) is 0 Å². The summed E-state index contributed by atoms with van der Waals surface area (Å²) in [5.41, 5.74) is 0.431. The molecule has 1 saturated carbocycles. The van der Waals surface area contributed by atoms with E-state index in [1.54, 1.807) is 0 Å². The summed E-state index contributed by atoms with van der Waals surface area (Å²) in [5, 5.41) is 3.62. The van der Waals surface area contributed by atoms with Crippen LogP contribution in [0.4, 0.5) is 0 Å². The van der Waals surface area contributed by atoms with Crippen LogP contribution in [0.25, 0.3) is 0 Å². The van der Waals surface area contributed by atoms with Gasteiger partial charge in [-0.2, -0.15) is 0 Å². The second kappa shape index (κ2) is 7.08. The second-order valence-corrected chi connectivity index (χ2v) is 7.42. The molecule has 0 radical (unpaired) electrons. The van der Waals surface area contributed by atoms with Crippen molar-refractivity contribution in [2.24, 2.45) is 11.3 Å². The standard InChI is InChI=1S/C17H36N2/c1-8-14(9-2)19(12-13(3)4)15-10-11-17(5,6)16(15)18-7/h13-16,18H,8-12H2,1-7H3. The van der Waals surface area contributed by atoms with Gasteiger partial charge in [0.1, 0.15) is 0 Å². The van der Waals surface area contributed by atoms with Gasteiger partial charge in [0.2, 0.25) is 0 Å². The van der Waals surface area contributed by atoms with Crippen molar-refractivity contribution in [3.63, 3.8) is 0 Å². The third-order valence-corrected chi connectivity index (χ3v) is 5.04. The monoisotopic (exact) mass is 268 g/mol. The Bertz CT molecular complexity index is 256. The Labute approximate surface area is 121 Å². The maximum Gasteiger partial charge on any atom is 0.0271 e. The Morgan fingerprint density at radius 2 is 1.79 bits per heavy atom. The van der Waals surface area contributed by atoms with Crippen molar-refractivity contribution in [2.45, 2.75) is 85.4 Å². The van der Waals surface area contributed by atoms with Crippen LogP contribution in [0, 0.1) is 11.3 Å². The molecule has 2 nitrogen and oxygen atoms in total. The van der Waals surface area contributed by atoms with Crippen molar-refractivity contribution in [2.75, 3.05) is 13.6 Å². The molecule has 0 amide bonds. The van der Waals surface area contributed by atoms with Crippen LogP contribution in [0.1, 0.15) is 67.2 Å². The first-order valence-corrected chi connectivity index (χ1v) is 8.30. The molecule has 19 heavy (non-hydrogen) atoms. The number of nitrogens with one attached hydrogen (secondary N) is 1. The lowest BCUT2D eigenvalue weighted by molar-refractivity contribution is 0.0832. The molecule has 2 heteroatoms. The molecule has 0 aromatic heterocycles. The third kappa shape index (κ3) is 3.95. The second-order valence-electron chi connectivity index (χ2n) is 7.42. The lowest BCUT2D eigenvalue weighted by Gasteiger charge is -2.42. The van der Waals surface area contributed by atoms with E-state index in [9.17, 15) is 0 Å². The fraction of sp³-hybridized carbons (Fsp3) is 1.00. The Morgan fingerprint density at radius 1 is 1.21 bits per heavy atom. The van der Waals surface area contributed by atoms with Crippen molar-refractivity contribution in [1.82, 2.24) is 10.2 Å². The van der Waals surface area contributed by atoms with Crippen LogP contribution in [0.15, 0.2) is 0 Å². The van der Waals surface area contributed by atoms with E-state index in [2.05, 4.69) is 58.8 Å². The molecule has 1 fully saturated rings. The third-order valence-electron chi connectivity index (χ3n) is 5.04. The van der Waals surface area contributed by atoms with Crippen LogP contribution in [0.2, 0.25) is 0 Å². The molecule has 1 rings (SSSR count). The molecule has 0 aromatic rings. The van der Waals surface area contributed by atoms with Gasteiger partial charge in [0.15, 0.2) is 0 Å².